The lowest BCUT2D eigenvalue weighted by Gasteiger charge is -2.09. The smallest absolute Gasteiger partial charge is 0.192 e. The number of aromatic nitrogens is 3. The molecule has 0 saturated carbocycles. The van der Waals surface area contributed by atoms with Crippen LogP contribution < -0.4 is 0 Å². The first-order valence-corrected chi connectivity index (χ1v) is 9.59. The van der Waals surface area contributed by atoms with Gasteiger partial charge in [0.2, 0.25) is 0 Å². The van der Waals surface area contributed by atoms with Crippen LogP contribution in [0.25, 0.3) is 11.4 Å². The van der Waals surface area contributed by atoms with Gasteiger partial charge in [0.05, 0.1) is 0 Å². The molecule has 3 nitrogen and oxygen atoms in total. The molecule has 0 aliphatic heterocycles. The molecule has 0 fully saturated rings. The van der Waals surface area contributed by atoms with Crippen LogP contribution in [0.5, 0.6) is 0 Å². The summed E-state index contributed by atoms with van der Waals surface area (Å²) < 4.78 is 15.9. The van der Waals surface area contributed by atoms with Crippen molar-refractivity contribution < 1.29 is 4.39 Å². The molecule has 0 aliphatic carbocycles. The van der Waals surface area contributed by atoms with Crippen molar-refractivity contribution in [2.75, 3.05) is 0 Å². The van der Waals surface area contributed by atoms with E-state index in [9.17, 15) is 4.39 Å². The summed E-state index contributed by atoms with van der Waals surface area (Å²) >= 11 is 1.48. The molecule has 26 heavy (non-hydrogen) atoms. The van der Waals surface area contributed by atoms with E-state index in [1.807, 2.05) is 16.7 Å². The first kappa shape index (κ1) is 18.4. The van der Waals surface area contributed by atoms with Gasteiger partial charge in [0, 0.05) is 17.9 Å². The Kier molecular flexibility index (Phi) is 5.89. The van der Waals surface area contributed by atoms with Crippen molar-refractivity contribution in [1.29, 1.82) is 0 Å². The van der Waals surface area contributed by atoms with Crippen molar-refractivity contribution in [1.82, 2.24) is 14.8 Å². The van der Waals surface area contributed by atoms with Crippen LogP contribution in [0.1, 0.15) is 30.9 Å². The van der Waals surface area contributed by atoms with Gasteiger partial charge in [0.15, 0.2) is 11.0 Å². The van der Waals surface area contributed by atoms with Gasteiger partial charge in [0.1, 0.15) is 5.82 Å². The molecule has 2 aromatic carbocycles. The largest absolute Gasteiger partial charge is 0.298 e. The lowest BCUT2D eigenvalue weighted by atomic mass is 10.0. The van der Waals surface area contributed by atoms with Gasteiger partial charge in [-0.3, -0.25) is 4.57 Å². The number of hydrogen-bond acceptors (Lipinski definition) is 3. The lowest BCUT2D eigenvalue weighted by molar-refractivity contribution is 0.617. The lowest BCUT2D eigenvalue weighted by Crippen LogP contribution is -2.01. The van der Waals surface area contributed by atoms with E-state index in [4.69, 9.17) is 0 Å². The van der Waals surface area contributed by atoms with Crippen molar-refractivity contribution in [3.63, 3.8) is 0 Å². The Labute approximate surface area is 158 Å². The minimum absolute atomic E-state index is 0.195. The van der Waals surface area contributed by atoms with E-state index in [-0.39, 0.29) is 5.82 Å². The molecule has 0 radical (unpaired) electrons. The van der Waals surface area contributed by atoms with Crippen LogP contribution in [0.4, 0.5) is 4.39 Å². The number of halogens is 1. The van der Waals surface area contributed by atoms with E-state index in [1.54, 1.807) is 12.1 Å². The second-order valence-corrected chi connectivity index (χ2v) is 7.30. The minimum atomic E-state index is -0.195. The quantitative estimate of drug-likeness (QED) is 0.397. The summed E-state index contributed by atoms with van der Waals surface area (Å²) in [6, 6.07) is 15.2. The Hall–Kier alpha value is -2.40. The highest BCUT2D eigenvalue weighted by atomic mass is 32.2. The summed E-state index contributed by atoms with van der Waals surface area (Å²) in [6.45, 7) is 8.79. The Morgan fingerprint density at radius 2 is 1.85 bits per heavy atom. The number of rotatable bonds is 7. The van der Waals surface area contributed by atoms with Crippen molar-refractivity contribution in [3.05, 3.63) is 78.1 Å². The molecule has 0 amide bonds. The molecular weight excluding hydrogens is 345 g/mol. The zero-order chi connectivity index (χ0) is 18.5. The molecule has 134 valence electrons. The average molecular weight is 367 g/mol. The zero-order valence-electron chi connectivity index (χ0n) is 15.0. The number of benzene rings is 2. The van der Waals surface area contributed by atoms with Gasteiger partial charge in [-0.15, -0.1) is 16.8 Å². The van der Waals surface area contributed by atoms with Gasteiger partial charge in [-0.2, -0.15) is 0 Å². The Morgan fingerprint density at radius 1 is 1.12 bits per heavy atom. The summed E-state index contributed by atoms with van der Waals surface area (Å²) in [5.74, 6) is 1.60. The van der Waals surface area contributed by atoms with Crippen LogP contribution in [-0.2, 0) is 12.3 Å². The van der Waals surface area contributed by atoms with Crippen LogP contribution in [0.15, 0.2) is 66.3 Å². The van der Waals surface area contributed by atoms with Gasteiger partial charge in [-0.05, 0) is 23.1 Å². The molecule has 3 aromatic rings. The number of hydrogen-bond donors (Lipinski definition) is 0. The predicted molar refractivity (Wildman–Crippen MR) is 106 cm³/mol. The van der Waals surface area contributed by atoms with Crippen LogP contribution in [0, 0.1) is 5.82 Å². The summed E-state index contributed by atoms with van der Waals surface area (Å²) in [4.78, 5) is 0. The van der Waals surface area contributed by atoms with Gasteiger partial charge < -0.3 is 0 Å². The maximum Gasteiger partial charge on any atom is 0.192 e. The molecule has 1 aromatic heterocycles. The van der Waals surface area contributed by atoms with E-state index in [0.717, 1.165) is 16.5 Å². The molecular formula is C21H22FN3S. The zero-order valence-corrected chi connectivity index (χ0v) is 15.8. The van der Waals surface area contributed by atoms with Crippen molar-refractivity contribution in [3.8, 4) is 11.4 Å². The topological polar surface area (TPSA) is 30.7 Å². The highest BCUT2D eigenvalue weighted by Gasteiger charge is 2.14. The normalized spacial score (nSPS) is 11.1. The predicted octanol–water partition coefficient (Wildman–Crippen LogP) is 5.69. The third-order valence-corrected chi connectivity index (χ3v) is 5.19. The third-order valence-electron chi connectivity index (χ3n) is 4.18. The van der Waals surface area contributed by atoms with Crippen molar-refractivity contribution >= 4 is 11.8 Å². The Morgan fingerprint density at radius 3 is 2.50 bits per heavy atom. The minimum Gasteiger partial charge on any atom is -0.298 e. The summed E-state index contributed by atoms with van der Waals surface area (Å²) in [7, 11) is 0. The fourth-order valence-corrected chi connectivity index (χ4v) is 3.61. The molecule has 0 atom stereocenters. The highest BCUT2D eigenvalue weighted by Crippen LogP contribution is 2.28. The molecule has 5 heteroatoms. The second-order valence-electron chi connectivity index (χ2n) is 6.36. The maximum absolute atomic E-state index is 13.8. The van der Waals surface area contributed by atoms with Crippen LogP contribution in [0.2, 0.25) is 0 Å². The monoisotopic (exact) mass is 367 g/mol. The van der Waals surface area contributed by atoms with Gasteiger partial charge >= 0.3 is 0 Å². The Bertz CT molecular complexity index is 885. The average Bonchev–Trinajstić information content (AvgIpc) is 3.04. The molecule has 1 heterocycles. The molecule has 0 aliphatic rings. The highest BCUT2D eigenvalue weighted by molar-refractivity contribution is 7.98. The maximum atomic E-state index is 13.8. The first-order valence-electron chi connectivity index (χ1n) is 8.60. The van der Waals surface area contributed by atoms with Crippen LogP contribution in [-0.4, -0.2) is 14.8 Å². The molecule has 0 unspecified atom stereocenters. The van der Waals surface area contributed by atoms with Gasteiger partial charge in [-0.1, -0.05) is 74.1 Å². The molecule has 0 saturated heterocycles. The summed E-state index contributed by atoms with van der Waals surface area (Å²) in [6.07, 6.45) is 1.82. The van der Waals surface area contributed by atoms with Crippen LogP contribution >= 0.6 is 11.8 Å². The number of allylic oxidation sites excluding steroid dienone is 1. The van der Waals surface area contributed by atoms with E-state index < -0.39 is 0 Å². The van der Waals surface area contributed by atoms with Gasteiger partial charge in [0.25, 0.3) is 0 Å². The molecule has 0 bridgehead atoms. The number of nitrogens with zero attached hydrogens (tertiary/aromatic N) is 3. The second kappa shape index (κ2) is 8.32. The van der Waals surface area contributed by atoms with E-state index in [1.165, 1.54) is 23.4 Å². The summed E-state index contributed by atoms with van der Waals surface area (Å²) in [5.41, 5.74) is 2.97. The fourth-order valence-electron chi connectivity index (χ4n) is 2.68. The van der Waals surface area contributed by atoms with Crippen LogP contribution in [0.3, 0.4) is 0 Å². The van der Waals surface area contributed by atoms with Crippen molar-refractivity contribution in [2.24, 2.45) is 0 Å². The standard InChI is InChI=1S/C21H22FN3S/c1-4-13-25-20(17-11-9-16(10-12-17)15(2)3)23-24-21(25)26-14-18-7-5-6-8-19(18)22/h4-12,15H,1,13-14H2,2-3H3. The van der Waals surface area contributed by atoms with E-state index in [2.05, 4.69) is 54.9 Å². The van der Waals surface area contributed by atoms with E-state index >= 15 is 0 Å². The summed E-state index contributed by atoms with van der Waals surface area (Å²) in [5, 5.41) is 9.44. The molecule has 0 N–H and O–H groups in total. The first-order chi connectivity index (χ1) is 12.6. The Balaban J connectivity index is 1.86. The number of thioether (sulfide) groups is 1. The van der Waals surface area contributed by atoms with Gasteiger partial charge in [-0.25, -0.2) is 4.39 Å². The van der Waals surface area contributed by atoms with E-state index in [0.29, 0.717) is 23.8 Å². The molecule has 3 rings (SSSR count). The third kappa shape index (κ3) is 4.05. The fraction of sp³-hybridized carbons (Fsp3) is 0.238. The van der Waals surface area contributed by atoms with Crippen molar-refractivity contribution in [2.45, 2.75) is 37.2 Å². The molecule has 0 spiro atoms. The SMILES string of the molecule is C=CCn1c(SCc2ccccc2F)nnc1-c1ccc(C(C)C)cc1.